The first kappa shape index (κ1) is 27.0. The van der Waals surface area contributed by atoms with Gasteiger partial charge in [0.1, 0.15) is 5.76 Å². The van der Waals surface area contributed by atoms with Crippen LogP contribution in [0.5, 0.6) is 0 Å². The van der Waals surface area contributed by atoms with Crippen LogP contribution in [0.1, 0.15) is 30.4 Å². The van der Waals surface area contributed by atoms with E-state index in [0.717, 1.165) is 12.8 Å². The van der Waals surface area contributed by atoms with E-state index in [0.29, 0.717) is 37.3 Å². The van der Waals surface area contributed by atoms with Crippen molar-refractivity contribution in [2.45, 2.75) is 29.7 Å². The Bertz CT molecular complexity index is 1480. The van der Waals surface area contributed by atoms with Crippen molar-refractivity contribution in [1.29, 1.82) is 0 Å². The van der Waals surface area contributed by atoms with Crippen molar-refractivity contribution in [2.24, 2.45) is 0 Å². The van der Waals surface area contributed by atoms with E-state index in [4.69, 9.17) is 0 Å². The van der Waals surface area contributed by atoms with E-state index in [1.807, 2.05) is 19.0 Å². The third-order valence-electron chi connectivity index (χ3n) is 7.76. The summed E-state index contributed by atoms with van der Waals surface area (Å²) in [4.78, 5) is 45.7. The molecule has 1 spiro atoms. The summed E-state index contributed by atoms with van der Waals surface area (Å²) in [6.07, 6.45) is 2.11. The zero-order valence-corrected chi connectivity index (χ0v) is 23.1. The van der Waals surface area contributed by atoms with Gasteiger partial charge in [0.2, 0.25) is 10.0 Å². The molecule has 2 amide bonds. The number of likely N-dealkylation sites (N-methyl/N-ethyl adjacent to an activating group) is 1. The first-order chi connectivity index (χ1) is 18.5. The summed E-state index contributed by atoms with van der Waals surface area (Å²) in [7, 11) is 1.68. The lowest BCUT2D eigenvalue weighted by Crippen LogP contribution is -2.51. The van der Waals surface area contributed by atoms with Gasteiger partial charge in [0.15, 0.2) is 5.54 Å². The molecule has 0 unspecified atom stereocenters. The third-order valence-corrected chi connectivity index (χ3v) is 9.67. The molecular formula is C28H32N4O6S. The molecule has 0 aliphatic carbocycles. The van der Waals surface area contributed by atoms with Crippen molar-refractivity contribution in [1.82, 2.24) is 14.1 Å². The van der Waals surface area contributed by atoms with Crippen molar-refractivity contribution in [3.63, 3.8) is 0 Å². The maximum atomic E-state index is 14.0. The lowest BCUT2D eigenvalue weighted by molar-refractivity contribution is -0.143. The second kappa shape index (κ2) is 9.89. The molecule has 1 atom stereocenters. The highest BCUT2D eigenvalue weighted by Crippen LogP contribution is 2.53. The van der Waals surface area contributed by atoms with E-state index in [1.54, 1.807) is 31.3 Å². The van der Waals surface area contributed by atoms with Crippen LogP contribution in [0.4, 0.5) is 5.69 Å². The Morgan fingerprint density at radius 1 is 1.00 bits per heavy atom. The number of nitrogens with zero attached hydrogens (tertiary/aromatic N) is 4. The van der Waals surface area contributed by atoms with Crippen LogP contribution in [0, 0.1) is 0 Å². The summed E-state index contributed by atoms with van der Waals surface area (Å²) >= 11 is 0. The molecule has 1 N–H and O–H groups in total. The zero-order valence-electron chi connectivity index (χ0n) is 22.3. The van der Waals surface area contributed by atoms with Gasteiger partial charge in [-0.2, -0.15) is 4.31 Å². The molecule has 206 valence electrons. The van der Waals surface area contributed by atoms with E-state index in [2.05, 4.69) is 0 Å². The molecular weight excluding hydrogens is 520 g/mol. The van der Waals surface area contributed by atoms with Gasteiger partial charge in [0.25, 0.3) is 17.6 Å². The van der Waals surface area contributed by atoms with Crippen LogP contribution in [0.15, 0.2) is 59.0 Å². The van der Waals surface area contributed by atoms with Crippen molar-refractivity contribution in [2.75, 3.05) is 52.2 Å². The average molecular weight is 553 g/mol. The van der Waals surface area contributed by atoms with Crippen LogP contribution in [-0.2, 0) is 29.9 Å². The highest BCUT2D eigenvalue weighted by atomic mass is 32.2. The number of fused-ring (bicyclic) bond motifs is 2. The fourth-order valence-electron chi connectivity index (χ4n) is 5.82. The number of ketones is 1. The predicted octanol–water partition coefficient (Wildman–Crippen LogP) is 1.98. The molecule has 0 bridgehead atoms. The van der Waals surface area contributed by atoms with Crippen molar-refractivity contribution < 1.29 is 27.9 Å². The first-order valence-electron chi connectivity index (χ1n) is 13.0. The Labute approximate surface area is 228 Å². The zero-order chi connectivity index (χ0) is 28.1. The number of para-hydroxylation sites is 1. The number of amides is 2. The Hall–Kier alpha value is -3.54. The normalized spacial score (nSPS) is 23.0. The Morgan fingerprint density at radius 2 is 1.64 bits per heavy atom. The van der Waals surface area contributed by atoms with E-state index >= 15 is 0 Å². The quantitative estimate of drug-likeness (QED) is 0.317. The summed E-state index contributed by atoms with van der Waals surface area (Å²) in [5.74, 6) is -2.85. The second-order valence-corrected chi connectivity index (χ2v) is 12.3. The van der Waals surface area contributed by atoms with Crippen LogP contribution >= 0.6 is 0 Å². The smallest absolute Gasteiger partial charge is 0.296 e. The Morgan fingerprint density at radius 3 is 2.28 bits per heavy atom. The molecule has 2 aromatic rings. The highest BCUT2D eigenvalue weighted by molar-refractivity contribution is 7.89. The molecule has 2 saturated heterocycles. The summed E-state index contributed by atoms with van der Waals surface area (Å²) in [6.45, 7) is 1.66. The maximum absolute atomic E-state index is 14.0. The SMILES string of the molecule is CN(C)CCCN1C(=O)C(=O)C(=C(O)c2ccc(S(=O)(=O)N3CCCC3)cc2)[C@@]12C(=O)N(C)c1ccccc12. The monoisotopic (exact) mass is 552 g/mol. The number of Topliss-reactive ketones (excluding diaryl/α,β-unsaturated/α-hetero) is 1. The molecule has 2 fully saturated rings. The Kier molecular flexibility index (Phi) is 6.86. The number of carbonyl (C=O) groups excluding carboxylic acids is 3. The van der Waals surface area contributed by atoms with Gasteiger partial charge in [-0.1, -0.05) is 18.2 Å². The standard InChI is InChI=1S/C28H32N4O6S/c1-29(2)15-8-18-32-26(35)25(34)23(28(32)21-9-4-5-10-22(21)30(3)27(28)36)24(33)19-11-13-20(14-12-19)39(37,38)31-16-6-7-17-31/h4-5,9-14,33H,6-8,15-18H2,1-3H3/t28-/m0/s1. The highest BCUT2D eigenvalue weighted by Gasteiger charge is 2.66. The minimum atomic E-state index is -3.68. The Balaban J connectivity index is 1.65. The summed E-state index contributed by atoms with van der Waals surface area (Å²) in [5, 5.41) is 11.5. The molecule has 11 heteroatoms. The number of benzene rings is 2. The van der Waals surface area contributed by atoms with Crippen molar-refractivity contribution in [3.05, 3.63) is 65.2 Å². The van der Waals surface area contributed by atoms with Gasteiger partial charge in [0.05, 0.1) is 10.5 Å². The van der Waals surface area contributed by atoms with Gasteiger partial charge in [-0.25, -0.2) is 8.42 Å². The molecule has 3 heterocycles. The lowest BCUT2D eigenvalue weighted by Gasteiger charge is -2.34. The van der Waals surface area contributed by atoms with Gasteiger partial charge in [-0.3, -0.25) is 14.4 Å². The minimum absolute atomic E-state index is 0.0711. The largest absolute Gasteiger partial charge is 0.507 e. The predicted molar refractivity (Wildman–Crippen MR) is 145 cm³/mol. The number of anilines is 1. The molecule has 3 aliphatic heterocycles. The summed E-state index contributed by atoms with van der Waals surface area (Å²) in [5.41, 5.74) is -1.01. The van der Waals surface area contributed by atoms with Gasteiger partial charge in [-0.15, -0.1) is 0 Å². The number of aliphatic hydroxyl groups is 1. The van der Waals surface area contributed by atoms with Gasteiger partial charge in [-0.05, 0) is 70.2 Å². The van der Waals surface area contributed by atoms with Crippen molar-refractivity contribution >= 4 is 39.1 Å². The number of hydrogen-bond donors (Lipinski definition) is 1. The number of hydrogen-bond acceptors (Lipinski definition) is 7. The second-order valence-electron chi connectivity index (χ2n) is 10.4. The molecule has 0 aromatic heterocycles. The number of likely N-dealkylation sites (tertiary alicyclic amines) is 1. The number of aliphatic hydroxyl groups excluding tert-OH is 1. The van der Waals surface area contributed by atoms with Crippen LogP contribution in [0.3, 0.4) is 0 Å². The van der Waals surface area contributed by atoms with Crippen LogP contribution in [-0.4, -0.2) is 92.5 Å². The number of rotatable bonds is 7. The molecule has 0 saturated carbocycles. The minimum Gasteiger partial charge on any atom is -0.507 e. The van der Waals surface area contributed by atoms with E-state index in [1.165, 1.54) is 38.4 Å². The van der Waals surface area contributed by atoms with Gasteiger partial charge < -0.3 is 19.8 Å². The fraction of sp³-hybridized carbons (Fsp3) is 0.393. The summed E-state index contributed by atoms with van der Waals surface area (Å²) < 4.78 is 27.4. The number of sulfonamides is 1. The molecule has 39 heavy (non-hydrogen) atoms. The van der Waals surface area contributed by atoms with E-state index in [9.17, 15) is 27.9 Å². The summed E-state index contributed by atoms with van der Waals surface area (Å²) in [6, 6.07) is 12.5. The molecule has 3 aliphatic rings. The van der Waals surface area contributed by atoms with Crippen LogP contribution < -0.4 is 4.90 Å². The molecule has 0 radical (unpaired) electrons. The van der Waals surface area contributed by atoms with Gasteiger partial charge in [0, 0.05) is 43.5 Å². The third kappa shape index (κ3) is 4.07. The van der Waals surface area contributed by atoms with Crippen molar-refractivity contribution in [3.8, 4) is 0 Å². The van der Waals surface area contributed by atoms with E-state index < -0.39 is 38.9 Å². The molecule has 10 nitrogen and oxygen atoms in total. The van der Waals surface area contributed by atoms with E-state index in [-0.39, 0.29) is 22.6 Å². The van der Waals surface area contributed by atoms with Gasteiger partial charge >= 0.3 is 0 Å². The average Bonchev–Trinajstić information content (AvgIpc) is 3.60. The number of carbonyl (C=O) groups is 3. The lowest BCUT2D eigenvalue weighted by atomic mass is 9.82. The fourth-order valence-corrected chi connectivity index (χ4v) is 7.34. The topological polar surface area (TPSA) is 119 Å². The van der Waals surface area contributed by atoms with Crippen LogP contribution in [0.2, 0.25) is 0 Å². The van der Waals surface area contributed by atoms with Crippen LogP contribution in [0.25, 0.3) is 5.76 Å². The first-order valence-corrected chi connectivity index (χ1v) is 14.4. The molecule has 2 aromatic carbocycles. The maximum Gasteiger partial charge on any atom is 0.296 e. The molecule has 5 rings (SSSR count).